The maximum atomic E-state index is 12.3. The monoisotopic (exact) mass is 356 g/mol. The minimum absolute atomic E-state index is 0.0235. The molecule has 0 heterocycles. The molecule has 7 nitrogen and oxygen atoms in total. The fourth-order valence-corrected chi connectivity index (χ4v) is 2.63. The van der Waals surface area contributed by atoms with Crippen LogP contribution in [0.4, 0.5) is 5.69 Å². The SMILES string of the molecule is CC(C(=O)O)C(NC(=O)CCc1cccc([N+](=O)[O-])c1)c1ccccc1. The Morgan fingerprint density at radius 3 is 2.46 bits per heavy atom. The molecule has 0 saturated heterocycles. The van der Waals surface area contributed by atoms with Crippen molar-refractivity contribution in [3.8, 4) is 0 Å². The topological polar surface area (TPSA) is 110 Å². The lowest BCUT2D eigenvalue weighted by Crippen LogP contribution is -2.35. The second kappa shape index (κ2) is 8.75. The zero-order chi connectivity index (χ0) is 19.1. The number of hydrogen-bond donors (Lipinski definition) is 2. The van der Waals surface area contributed by atoms with E-state index in [0.29, 0.717) is 17.5 Å². The molecule has 1 amide bonds. The number of carboxylic acids is 1. The second-order valence-corrected chi connectivity index (χ2v) is 6.01. The van der Waals surface area contributed by atoms with Crippen LogP contribution in [-0.2, 0) is 16.0 Å². The van der Waals surface area contributed by atoms with E-state index in [1.807, 2.05) is 6.07 Å². The molecule has 2 rings (SSSR count). The van der Waals surface area contributed by atoms with Gasteiger partial charge in [0.2, 0.25) is 5.91 Å². The number of carbonyl (C=O) groups excluding carboxylic acids is 1. The third-order valence-corrected chi connectivity index (χ3v) is 4.13. The lowest BCUT2D eigenvalue weighted by Gasteiger charge is -2.23. The Morgan fingerprint density at radius 2 is 1.85 bits per heavy atom. The minimum Gasteiger partial charge on any atom is -0.481 e. The van der Waals surface area contributed by atoms with Gasteiger partial charge in [0.05, 0.1) is 16.9 Å². The summed E-state index contributed by atoms with van der Waals surface area (Å²) in [6.07, 6.45) is 0.438. The van der Waals surface area contributed by atoms with E-state index in [9.17, 15) is 24.8 Å². The molecule has 0 aliphatic carbocycles. The summed E-state index contributed by atoms with van der Waals surface area (Å²) in [7, 11) is 0. The van der Waals surface area contributed by atoms with Gasteiger partial charge in [-0.1, -0.05) is 42.5 Å². The largest absolute Gasteiger partial charge is 0.481 e. The molecule has 2 aromatic rings. The number of nitrogens with zero attached hydrogens (tertiary/aromatic N) is 1. The van der Waals surface area contributed by atoms with E-state index < -0.39 is 22.9 Å². The van der Waals surface area contributed by atoms with Crippen LogP contribution < -0.4 is 5.32 Å². The summed E-state index contributed by atoms with van der Waals surface area (Å²) in [5.74, 6) is -2.10. The van der Waals surface area contributed by atoms with Crippen LogP contribution >= 0.6 is 0 Å². The van der Waals surface area contributed by atoms with E-state index >= 15 is 0 Å². The zero-order valence-corrected chi connectivity index (χ0v) is 14.3. The van der Waals surface area contributed by atoms with Gasteiger partial charge in [0, 0.05) is 18.6 Å². The normalized spacial score (nSPS) is 12.8. The van der Waals surface area contributed by atoms with Crippen molar-refractivity contribution in [1.29, 1.82) is 0 Å². The summed E-state index contributed by atoms with van der Waals surface area (Å²) in [5, 5.41) is 22.9. The standard InChI is InChI=1S/C19H20N2O5/c1-13(19(23)24)18(15-7-3-2-4-8-15)20-17(22)11-10-14-6-5-9-16(12-14)21(25)26/h2-9,12-13,18H,10-11H2,1H3,(H,20,22)(H,23,24). The summed E-state index contributed by atoms with van der Waals surface area (Å²) in [6, 6.07) is 14.4. The first-order valence-corrected chi connectivity index (χ1v) is 8.19. The van der Waals surface area contributed by atoms with Crippen LogP contribution in [0.5, 0.6) is 0 Å². The maximum Gasteiger partial charge on any atom is 0.308 e. The van der Waals surface area contributed by atoms with Crippen molar-refractivity contribution in [1.82, 2.24) is 5.32 Å². The van der Waals surface area contributed by atoms with Gasteiger partial charge in [-0.3, -0.25) is 19.7 Å². The lowest BCUT2D eigenvalue weighted by atomic mass is 9.94. The van der Waals surface area contributed by atoms with Gasteiger partial charge >= 0.3 is 5.97 Å². The molecule has 0 saturated carbocycles. The fourth-order valence-electron chi connectivity index (χ4n) is 2.63. The smallest absolute Gasteiger partial charge is 0.308 e. The maximum absolute atomic E-state index is 12.3. The summed E-state index contributed by atoms with van der Waals surface area (Å²) < 4.78 is 0. The highest BCUT2D eigenvalue weighted by molar-refractivity contribution is 5.78. The van der Waals surface area contributed by atoms with Crippen LogP contribution in [0.1, 0.15) is 30.5 Å². The third kappa shape index (κ3) is 5.14. The van der Waals surface area contributed by atoms with Gasteiger partial charge in [-0.15, -0.1) is 0 Å². The van der Waals surface area contributed by atoms with Crippen molar-refractivity contribution in [2.75, 3.05) is 0 Å². The first-order chi connectivity index (χ1) is 12.4. The molecule has 0 radical (unpaired) electrons. The number of hydrogen-bond acceptors (Lipinski definition) is 4. The second-order valence-electron chi connectivity index (χ2n) is 6.01. The molecule has 136 valence electrons. The van der Waals surface area contributed by atoms with Crippen molar-refractivity contribution < 1.29 is 19.6 Å². The zero-order valence-electron chi connectivity index (χ0n) is 14.3. The Hall–Kier alpha value is -3.22. The first-order valence-electron chi connectivity index (χ1n) is 8.19. The molecular weight excluding hydrogens is 336 g/mol. The van der Waals surface area contributed by atoms with Crippen LogP contribution in [0.3, 0.4) is 0 Å². The van der Waals surface area contributed by atoms with Gasteiger partial charge in [0.25, 0.3) is 5.69 Å². The minimum atomic E-state index is -1.00. The first kappa shape index (κ1) is 19.1. The highest BCUT2D eigenvalue weighted by atomic mass is 16.6. The van der Waals surface area contributed by atoms with Crippen LogP contribution in [0.2, 0.25) is 0 Å². The predicted molar refractivity (Wildman–Crippen MR) is 95.5 cm³/mol. The molecule has 26 heavy (non-hydrogen) atoms. The average Bonchev–Trinajstić information content (AvgIpc) is 2.64. The lowest BCUT2D eigenvalue weighted by molar-refractivity contribution is -0.384. The van der Waals surface area contributed by atoms with Gasteiger partial charge in [0.1, 0.15) is 0 Å². The number of nitrogens with one attached hydrogen (secondary N) is 1. The third-order valence-electron chi connectivity index (χ3n) is 4.13. The van der Waals surface area contributed by atoms with E-state index in [1.165, 1.54) is 12.1 Å². The molecule has 0 fully saturated rings. The van der Waals surface area contributed by atoms with Crippen LogP contribution in [0, 0.1) is 16.0 Å². The number of carbonyl (C=O) groups is 2. The Labute approximate surface area is 150 Å². The van der Waals surface area contributed by atoms with Crippen molar-refractivity contribution in [2.45, 2.75) is 25.8 Å². The Kier molecular flexibility index (Phi) is 6.43. The number of carboxylic acid groups (broad SMARTS) is 1. The van der Waals surface area contributed by atoms with E-state index in [0.717, 1.165) is 0 Å². The molecule has 2 N–H and O–H groups in total. The number of benzene rings is 2. The Balaban J connectivity index is 2.04. The Bertz CT molecular complexity index is 792. The number of aliphatic carboxylic acids is 1. The van der Waals surface area contributed by atoms with Crippen molar-refractivity contribution in [3.63, 3.8) is 0 Å². The van der Waals surface area contributed by atoms with E-state index in [1.54, 1.807) is 43.3 Å². The molecular formula is C19H20N2O5. The van der Waals surface area contributed by atoms with Crippen LogP contribution in [0.25, 0.3) is 0 Å². The molecule has 0 aliphatic heterocycles. The van der Waals surface area contributed by atoms with Crippen LogP contribution in [0.15, 0.2) is 54.6 Å². The highest BCUT2D eigenvalue weighted by Crippen LogP contribution is 2.22. The number of rotatable bonds is 8. The number of non-ortho nitro benzene ring substituents is 1. The number of amides is 1. The van der Waals surface area contributed by atoms with Gasteiger partial charge in [-0.2, -0.15) is 0 Å². The van der Waals surface area contributed by atoms with Crippen LogP contribution in [-0.4, -0.2) is 21.9 Å². The van der Waals surface area contributed by atoms with E-state index in [2.05, 4.69) is 5.32 Å². The quantitative estimate of drug-likeness (QED) is 0.558. The fraction of sp³-hybridized carbons (Fsp3) is 0.263. The number of nitro groups is 1. The van der Waals surface area contributed by atoms with Gasteiger partial charge in [-0.25, -0.2) is 0 Å². The number of nitro benzene ring substituents is 1. The van der Waals surface area contributed by atoms with Gasteiger partial charge in [0.15, 0.2) is 0 Å². The molecule has 2 unspecified atom stereocenters. The van der Waals surface area contributed by atoms with E-state index in [4.69, 9.17) is 0 Å². The molecule has 2 atom stereocenters. The van der Waals surface area contributed by atoms with Crippen molar-refractivity contribution in [2.24, 2.45) is 5.92 Å². The summed E-state index contributed by atoms with van der Waals surface area (Å²) in [5.41, 5.74) is 1.37. The number of aryl methyl sites for hydroxylation is 1. The molecule has 0 aliphatic rings. The van der Waals surface area contributed by atoms with Gasteiger partial charge in [-0.05, 0) is 24.5 Å². The molecule has 7 heteroatoms. The molecule has 0 spiro atoms. The Morgan fingerprint density at radius 1 is 1.15 bits per heavy atom. The highest BCUT2D eigenvalue weighted by Gasteiger charge is 2.26. The molecule has 0 aromatic heterocycles. The summed E-state index contributed by atoms with van der Waals surface area (Å²) in [4.78, 5) is 34.0. The summed E-state index contributed by atoms with van der Waals surface area (Å²) in [6.45, 7) is 1.54. The van der Waals surface area contributed by atoms with Crippen molar-refractivity contribution in [3.05, 3.63) is 75.8 Å². The van der Waals surface area contributed by atoms with Gasteiger partial charge < -0.3 is 10.4 Å². The average molecular weight is 356 g/mol. The molecule has 2 aromatic carbocycles. The van der Waals surface area contributed by atoms with E-state index in [-0.39, 0.29) is 18.0 Å². The molecule has 0 bridgehead atoms. The summed E-state index contributed by atoms with van der Waals surface area (Å²) >= 11 is 0. The predicted octanol–water partition coefficient (Wildman–Crippen LogP) is 3.11. The van der Waals surface area contributed by atoms with Crippen molar-refractivity contribution >= 4 is 17.6 Å².